The molecule has 0 spiro atoms. The fraction of sp³-hybridized carbons (Fsp3) is 0.909. The number of halogens is 1. The summed E-state index contributed by atoms with van der Waals surface area (Å²) in [5.41, 5.74) is -1.22. The molecule has 0 bridgehead atoms. The fourth-order valence-electron chi connectivity index (χ4n) is 2.57. The Balaban J connectivity index is 1.91. The van der Waals surface area contributed by atoms with Gasteiger partial charge in [-0.3, -0.25) is 4.79 Å². The molecule has 2 atom stereocenters. The number of alkyl halides is 1. The maximum Gasteiger partial charge on any atom is 0.252 e. The zero-order valence-electron chi connectivity index (χ0n) is 8.84. The van der Waals surface area contributed by atoms with Crippen molar-refractivity contribution in [3.05, 3.63) is 0 Å². The first kappa shape index (κ1) is 10.9. The van der Waals surface area contributed by atoms with Crippen LogP contribution in [0, 0.1) is 0 Å². The van der Waals surface area contributed by atoms with Crippen LogP contribution in [0.25, 0.3) is 0 Å². The Kier molecular flexibility index (Phi) is 2.96. The van der Waals surface area contributed by atoms with E-state index >= 15 is 0 Å². The molecule has 1 amide bonds. The lowest BCUT2D eigenvalue weighted by atomic mass is 10.0. The van der Waals surface area contributed by atoms with Crippen LogP contribution in [0.3, 0.4) is 0 Å². The topological polar surface area (TPSA) is 49.3 Å². The van der Waals surface area contributed by atoms with Crippen molar-refractivity contribution < 1.29 is 14.3 Å². The number of nitrogens with one attached hydrogen (secondary N) is 1. The molecule has 4 heteroatoms. The number of hydrogen-bond acceptors (Lipinski definition) is 2. The Labute approximate surface area is 89.0 Å². The van der Waals surface area contributed by atoms with Gasteiger partial charge < -0.3 is 10.4 Å². The number of carbonyl (C=O) groups is 1. The fourth-order valence-corrected chi connectivity index (χ4v) is 2.57. The summed E-state index contributed by atoms with van der Waals surface area (Å²) >= 11 is 0. The van der Waals surface area contributed by atoms with Crippen molar-refractivity contribution in [1.82, 2.24) is 5.32 Å². The van der Waals surface area contributed by atoms with Crippen molar-refractivity contribution in [2.75, 3.05) is 0 Å². The molecule has 0 aromatic carbocycles. The van der Waals surface area contributed by atoms with Crippen LogP contribution >= 0.6 is 0 Å². The van der Waals surface area contributed by atoms with E-state index < -0.39 is 11.8 Å². The quantitative estimate of drug-likeness (QED) is 0.729. The van der Waals surface area contributed by atoms with Crippen LogP contribution in [0.15, 0.2) is 0 Å². The first-order valence-electron chi connectivity index (χ1n) is 5.79. The third-order valence-corrected chi connectivity index (χ3v) is 3.60. The van der Waals surface area contributed by atoms with E-state index in [2.05, 4.69) is 5.32 Å². The molecule has 2 saturated carbocycles. The Morgan fingerprint density at radius 1 is 1.27 bits per heavy atom. The summed E-state index contributed by atoms with van der Waals surface area (Å²) in [5.74, 6) is -0.366. The summed E-state index contributed by atoms with van der Waals surface area (Å²) in [7, 11) is 0. The smallest absolute Gasteiger partial charge is 0.252 e. The van der Waals surface area contributed by atoms with Gasteiger partial charge in [0.15, 0.2) is 0 Å². The SMILES string of the molecule is O=C(N[C@H]1CCC[C@H]1F)C1(O)CCCC1. The molecule has 0 radical (unpaired) electrons. The van der Waals surface area contributed by atoms with Crippen LogP contribution in [-0.2, 0) is 4.79 Å². The molecule has 2 N–H and O–H groups in total. The first-order valence-corrected chi connectivity index (χ1v) is 5.79. The number of amides is 1. The highest BCUT2D eigenvalue weighted by Gasteiger charge is 2.41. The van der Waals surface area contributed by atoms with Gasteiger partial charge in [0.25, 0.3) is 5.91 Å². The van der Waals surface area contributed by atoms with Crippen LogP contribution in [0.1, 0.15) is 44.9 Å². The van der Waals surface area contributed by atoms with Gasteiger partial charge in [-0.15, -0.1) is 0 Å². The molecule has 0 unspecified atom stereocenters. The van der Waals surface area contributed by atoms with E-state index in [1.54, 1.807) is 0 Å². The van der Waals surface area contributed by atoms with E-state index in [0.717, 1.165) is 19.3 Å². The van der Waals surface area contributed by atoms with Gasteiger partial charge in [0, 0.05) is 0 Å². The van der Waals surface area contributed by atoms with Crippen LogP contribution in [0.5, 0.6) is 0 Å². The molecule has 0 aliphatic heterocycles. The Morgan fingerprint density at radius 3 is 2.47 bits per heavy atom. The first-order chi connectivity index (χ1) is 7.12. The van der Waals surface area contributed by atoms with Crippen molar-refractivity contribution >= 4 is 5.91 Å². The van der Waals surface area contributed by atoms with Crippen LogP contribution < -0.4 is 5.32 Å². The van der Waals surface area contributed by atoms with Crippen LogP contribution in [-0.4, -0.2) is 28.8 Å². The van der Waals surface area contributed by atoms with Crippen LogP contribution in [0.4, 0.5) is 4.39 Å². The Bertz CT molecular complexity index is 251. The third kappa shape index (κ3) is 2.14. The molecule has 3 nitrogen and oxygen atoms in total. The van der Waals surface area contributed by atoms with Crippen molar-refractivity contribution in [2.24, 2.45) is 0 Å². The lowest BCUT2D eigenvalue weighted by molar-refractivity contribution is -0.140. The summed E-state index contributed by atoms with van der Waals surface area (Å²) in [4.78, 5) is 11.7. The average Bonchev–Trinajstić information content (AvgIpc) is 2.78. The van der Waals surface area contributed by atoms with E-state index in [0.29, 0.717) is 25.7 Å². The number of carbonyl (C=O) groups excluding carboxylic acids is 1. The molecule has 2 fully saturated rings. The molecule has 0 heterocycles. The van der Waals surface area contributed by atoms with Gasteiger partial charge in [0.2, 0.25) is 0 Å². The largest absolute Gasteiger partial charge is 0.380 e. The molecule has 2 aliphatic rings. The number of hydrogen-bond donors (Lipinski definition) is 2. The van der Waals surface area contributed by atoms with Gasteiger partial charge >= 0.3 is 0 Å². The van der Waals surface area contributed by atoms with Gasteiger partial charge in [-0.05, 0) is 44.9 Å². The zero-order chi connectivity index (χ0) is 10.9. The Hall–Kier alpha value is -0.640. The monoisotopic (exact) mass is 215 g/mol. The highest BCUT2D eigenvalue weighted by molar-refractivity contribution is 5.85. The van der Waals surface area contributed by atoms with Crippen molar-refractivity contribution in [3.8, 4) is 0 Å². The Morgan fingerprint density at radius 2 is 1.93 bits per heavy atom. The van der Waals surface area contributed by atoms with Gasteiger partial charge in [0.05, 0.1) is 6.04 Å². The molecular formula is C11H18FNO2. The van der Waals surface area contributed by atoms with Gasteiger partial charge in [-0.25, -0.2) is 4.39 Å². The summed E-state index contributed by atoms with van der Waals surface area (Å²) in [6, 6.07) is -0.373. The maximum absolute atomic E-state index is 13.3. The second-order valence-corrected chi connectivity index (χ2v) is 4.77. The van der Waals surface area contributed by atoms with E-state index in [1.165, 1.54) is 0 Å². The standard InChI is InChI=1S/C11H18FNO2/c12-8-4-3-5-9(8)13-10(14)11(15)6-1-2-7-11/h8-9,15H,1-7H2,(H,13,14)/t8-,9+/m1/s1. The van der Waals surface area contributed by atoms with E-state index in [4.69, 9.17) is 0 Å². The van der Waals surface area contributed by atoms with E-state index in [9.17, 15) is 14.3 Å². The summed E-state index contributed by atoms with van der Waals surface area (Å²) < 4.78 is 13.3. The second-order valence-electron chi connectivity index (χ2n) is 4.77. The van der Waals surface area contributed by atoms with Crippen molar-refractivity contribution in [3.63, 3.8) is 0 Å². The number of rotatable bonds is 2. The summed E-state index contributed by atoms with van der Waals surface area (Å²) in [6.45, 7) is 0. The maximum atomic E-state index is 13.3. The lowest BCUT2D eigenvalue weighted by Crippen LogP contribution is -2.50. The normalized spacial score (nSPS) is 34.3. The minimum atomic E-state index is -1.22. The van der Waals surface area contributed by atoms with Gasteiger partial charge in [0.1, 0.15) is 11.8 Å². The predicted molar refractivity (Wildman–Crippen MR) is 54.1 cm³/mol. The average molecular weight is 215 g/mol. The number of aliphatic hydroxyl groups is 1. The molecule has 15 heavy (non-hydrogen) atoms. The molecule has 2 rings (SSSR count). The summed E-state index contributed by atoms with van der Waals surface area (Å²) in [5, 5.41) is 12.6. The minimum Gasteiger partial charge on any atom is -0.380 e. The molecule has 2 aliphatic carbocycles. The van der Waals surface area contributed by atoms with Crippen LogP contribution in [0.2, 0.25) is 0 Å². The highest BCUT2D eigenvalue weighted by Crippen LogP contribution is 2.30. The molecule has 0 saturated heterocycles. The summed E-state index contributed by atoms with van der Waals surface area (Å²) in [6.07, 6.45) is 3.92. The predicted octanol–water partition coefficient (Wildman–Crippen LogP) is 1.30. The van der Waals surface area contributed by atoms with Crippen molar-refractivity contribution in [2.45, 2.75) is 62.8 Å². The lowest BCUT2D eigenvalue weighted by Gasteiger charge is -2.24. The highest BCUT2D eigenvalue weighted by atomic mass is 19.1. The second kappa shape index (κ2) is 4.08. The van der Waals surface area contributed by atoms with Gasteiger partial charge in [-0.1, -0.05) is 0 Å². The van der Waals surface area contributed by atoms with Gasteiger partial charge in [-0.2, -0.15) is 0 Å². The van der Waals surface area contributed by atoms with E-state index in [-0.39, 0.29) is 11.9 Å². The molecule has 0 aromatic heterocycles. The molecule has 86 valence electrons. The third-order valence-electron chi connectivity index (χ3n) is 3.60. The molecular weight excluding hydrogens is 197 g/mol. The van der Waals surface area contributed by atoms with E-state index in [1.807, 2.05) is 0 Å². The zero-order valence-corrected chi connectivity index (χ0v) is 8.84. The molecule has 0 aromatic rings. The minimum absolute atomic E-state index is 0.366. The van der Waals surface area contributed by atoms with Crippen molar-refractivity contribution in [1.29, 1.82) is 0 Å².